The summed E-state index contributed by atoms with van der Waals surface area (Å²) in [7, 11) is 0. The van der Waals surface area contributed by atoms with E-state index in [1.54, 1.807) is 18.3 Å². The number of hydrogen-bond donors (Lipinski definition) is 1. The maximum atomic E-state index is 12.9. The number of nitrogens with zero attached hydrogens (tertiary/aromatic N) is 1. The first-order valence-corrected chi connectivity index (χ1v) is 6.71. The van der Waals surface area contributed by atoms with Crippen molar-refractivity contribution in [1.82, 2.24) is 10.5 Å². The van der Waals surface area contributed by atoms with Crippen LogP contribution in [-0.4, -0.2) is 17.1 Å². The van der Waals surface area contributed by atoms with Crippen molar-refractivity contribution < 1.29 is 13.7 Å². The fourth-order valence-electron chi connectivity index (χ4n) is 2.05. The van der Waals surface area contributed by atoms with E-state index in [0.29, 0.717) is 24.6 Å². The highest BCUT2D eigenvalue weighted by atomic mass is 19.1. The minimum Gasteiger partial charge on any atom is -0.356 e. The van der Waals surface area contributed by atoms with Crippen LogP contribution >= 0.6 is 0 Å². The van der Waals surface area contributed by atoms with Crippen molar-refractivity contribution in [2.24, 2.45) is 0 Å². The first-order valence-electron chi connectivity index (χ1n) is 6.71. The van der Waals surface area contributed by atoms with Gasteiger partial charge in [-0.2, -0.15) is 0 Å². The lowest BCUT2D eigenvalue weighted by atomic mass is 10.1. The van der Waals surface area contributed by atoms with Gasteiger partial charge in [0.05, 0.1) is 6.20 Å². The molecule has 1 N–H and O–H groups in total. The molecule has 5 heteroatoms. The quantitative estimate of drug-likeness (QED) is 0.912. The maximum Gasteiger partial charge on any atom is 0.220 e. The van der Waals surface area contributed by atoms with Gasteiger partial charge in [0.2, 0.25) is 5.91 Å². The summed E-state index contributed by atoms with van der Waals surface area (Å²) >= 11 is 0. The van der Waals surface area contributed by atoms with E-state index in [4.69, 9.17) is 4.52 Å². The van der Waals surface area contributed by atoms with Crippen LogP contribution in [0.15, 0.2) is 35.0 Å². The van der Waals surface area contributed by atoms with Gasteiger partial charge >= 0.3 is 0 Å². The predicted octanol–water partition coefficient (Wildman–Crippen LogP) is 2.69. The van der Waals surface area contributed by atoms with Crippen LogP contribution in [0.3, 0.4) is 0 Å². The first kappa shape index (κ1) is 12.8. The Kier molecular flexibility index (Phi) is 3.50. The molecular weight excluding hydrogens is 259 g/mol. The third-order valence-electron chi connectivity index (χ3n) is 3.31. The minimum absolute atomic E-state index is 0.0544. The number of hydrogen-bond acceptors (Lipinski definition) is 3. The summed E-state index contributed by atoms with van der Waals surface area (Å²) in [6.07, 6.45) is 4.75. The third-order valence-corrected chi connectivity index (χ3v) is 3.31. The van der Waals surface area contributed by atoms with E-state index in [2.05, 4.69) is 10.5 Å². The molecule has 1 aromatic heterocycles. The summed E-state index contributed by atoms with van der Waals surface area (Å²) in [5.41, 5.74) is 1.63. The Hall–Kier alpha value is -2.17. The second kappa shape index (κ2) is 5.45. The standard InChI is InChI=1S/C15H15FN2O2/c16-12-4-1-10(2-5-12)15-11(9-17-20-15)3-8-14(19)18-13-6-7-13/h1-2,4-5,9,13H,3,6-8H2,(H,18,19). The Labute approximate surface area is 116 Å². The maximum absolute atomic E-state index is 12.9. The molecular formula is C15H15FN2O2. The smallest absolute Gasteiger partial charge is 0.220 e. The van der Waals surface area contributed by atoms with Crippen LogP contribution in [0.1, 0.15) is 24.8 Å². The minimum atomic E-state index is -0.293. The lowest BCUT2D eigenvalue weighted by Crippen LogP contribution is -2.25. The molecule has 0 unspecified atom stereocenters. The average molecular weight is 274 g/mol. The van der Waals surface area contributed by atoms with Gasteiger partial charge in [0.1, 0.15) is 5.82 Å². The molecule has 0 radical (unpaired) electrons. The van der Waals surface area contributed by atoms with Crippen molar-refractivity contribution in [1.29, 1.82) is 0 Å². The lowest BCUT2D eigenvalue weighted by molar-refractivity contribution is -0.121. The lowest BCUT2D eigenvalue weighted by Gasteiger charge is -2.03. The van der Waals surface area contributed by atoms with E-state index in [-0.39, 0.29) is 11.7 Å². The molecule has 0 aliphatic heterocycles. The Morgan fingerprint density at radius 2 is 2.10 bits per heavy atom. The molecule has 1 aromatic carbocycles. The molecule has 1 heterocycles. The highest BCUT2D eigenvalue weighted by Crippen LogP contribution is 2.25. The molecule has 4 nitrogen and oxygen atoms in total. The highest BCUT2D eigenvalue weighted by molar-refractivity contribution is 5.77. The van der Waals surface area contributed by atoms with Crippen molar-refractivity contribution in [2.75, 3.05) is 0 Å². The van der Waals surface area contributed by atoms with Crippen LogP contribution in [0, 0.1) is 5.82 Å². The average Bonchev–Trinajstić information content (AvgIpc) is 3.13. The topological polar surface area (TPSA) is 55.1 Å². The predicted molar refractivity (Wildman–Crippen MR) is 71.4 cm³/mol. The van der Waals surface area contributed by atoms with Gasteiger partial charge in [0.15, 0.2) is 5.76 Å². The van der Waals surface area contributed by atoms with Gasteiger partial charge < -0.3 is 9.84 Å². The molecule has 0 bridgehead atoms. The highest BCUT2D eigenvalue weighted by Gasteiger charge is 2.23. The van der Waals surface area contributed by atoms with E-state index in [1.807, 2.05) is 0 Å². The van der Waals surface area contributed by atoms with Gasteiger partial charge in [-0.25, -0.2) is 4.39 Å². The van der Waals surface area contributed by atoms with E-state index >= 15 is 0 Å². The molecule has 1 aliphatic rings. The van der Waals surface area contributed by atoms with Crippen LogP contribution in [0.25, 0.3) is 11.3 Å². The van der Waals surface area contributed by atoms with E-state index in [9.17, 15) is 9.18 Å². The van der Waals surface area contributed by atoms with E-state index in [0.717, 1.165) is 24.0 Å². The van der Waals surface area contributed by atoms with Crippen LogP contribution in [0.2, 0.25) is 0 Å². The summed E-state index contributed by atoms with van der Waals surface area (Å²) in [6.45, 7) is 0. The zero-order valence-corrected chi connectivity index (χ0v) is 10.9. The van der Waals surface area contributed by atoms with Crippen molar-refractivity contribution >= 4 is 5.91 Å². The summed E-state index contributed by atoms with van der Waals surface area (Å²) in [5.74, 6) is 0.363. The second-order valence-electron chi connectivity index (χ2n) is 5.03. The van der Waals surface area contributed by atoms with Gasteiger partial charge in [0.25, 0.3) is 0 Å². The zero-order valence-electron chi connectivity index (χ0n) is 10.9. The number of carbonyl (C=O) groups is 1. The summed E-state index contributed by atoms with van der Waals surface area (Å²) in [6, 6.07) is 6.41. The van der Waals surface area contributed by atoms with Crippen molar-refractivity contribution in [2.45, 2.75) is 31.7 Å². The van der Waals surface area contributed by atoms with Crippen molar-refractivity contribution in [3.8, 4) is 11.3 Å². The van der Waals surface area contributed by atoms with Crippen LogP contribution < -0.4 is 5.32 Å². The Morgan fingerprint density at radius 3 is 2.80 bits per heavy atom. The Bertz CT molecular complexity index is 603. The van der Waals surface area contributed by atoms with Crippen molar-refractivity contribution in [3.63, 3.8) is 0 Å². The Balaban J connectivity index is 1.66. The number of aromatic nitrogens is 1. The largest absolute Gasteiger partial charge is 0.356 e. The molecule has 1 aliphatic carbocycles. The fourth-order valence-corrected chi connectivity index (χ4v) is 2.05. The molecule has 104 valence electrons. The summed E-state index contributed by atoms with van der Waals surface area (Å²) < 4.78 is 18.1. The van der Waals surface area contributed by atoms with E-state index < -0.39 is 0 Å². The van der Waals surface area contributed by atoms with Crippen LogP contribution in [-0.2, 0) is 11.2 Å². The molecule has 0 saturated heterocycles. The van der Waals surface area contributed by atoms with Gasteiger partial charge in [-0.15, -0.1) is 0 Å². The van der Waals surface area contributed by atoms with E-state index in [1.165, 1.54) is 12.1 Å². The molecule has 0 atom stereocenters. The van der Waals surface area contributed by atoms with Crippen LogP contribution in [0.4, 0.5) is 4.39 Å². The molecule has 0 spiro atoms. The molecule has 1 amide bonds. The SMILES string of the molecule is O=C(CCc1cnoc1-c1ccc(F)cc1)NC1CC1. The van der Waals surface area contributed by atoms with Crippen LogP contribution in [0.5, 0.6) is 0 Å². The monoisotopic (exact) mass is 274 g/mol. The first-order chi connectivity index (χ1) is 9.72. The number of amides is 1. The molecule has 2 aromatic rings. The number of carbonyl (C=O) groups excluding carboxylic acids is 1. The van der Waals surface area contributed by atoms with Crippen molar-refractivity contribution in [3.05, 3.63) is 41.8 Å². The normalized spacial score (nSPS) is 14.2. The second-order valence-corrected chi connectivity index (χ2v) is 5.03. The van der Waals surface area contributed by atoms with Gasteiger partial charge in [-0.05, 0) is 43.5 Å². The summed E-state index contributed by atoms with van der Waals surface area (Å²) in [4.78, 5) is 11.7. The fraction of sp³-hybridized carbons (Fsp3) is 0.333. The third kappa shape index (κ3) is 3.04. The number of rotatable bonds is 5. The molecule has 1 saturated carbocycles. The van der Waals surface area contributed by atoms with Gasteiger partial charge in [-0.3, -0.25) is 4.79 Å². The molecule has 1 fully saturated rings. The Morgan fingerprint density at radius 1 is 1.35 bits per heavy atom. The molecule has 3 rings (SSSR count). The van der Waals surface area contributed by atoms with Gasteiger partial charge in [0, 0.05) is 23.6 Å². The van der Waals surface area contributed by atoms with Gasteiger partial charge in [-0.1, -0.05) is 5.16 Å². The number of halogens is 1. The number of benzene rings is 1. The number of aryl methyl sites for hydroxylation is 1. The zero-order chi connectivity index (χ0) is 13.9. The number of nitrogens with one attached hydrogen (secondary N) is 1. The molecule has 20 heavy (non-hydrogen) atoms. The summed E-state index contributed by atoms with van der Waals surface area (Å²) in [5, 5.41) is 6.72.